The fourth-order valence-corrected chi connectivity index (χ4v) is 3.19. The first kappa shape index (κ1) is 15.5. The molecule has 22 heavy (non-hydrogen) atoms. The number of hydrogen-bond acceptors (Lipinski definition) is 6. The highest BCUT2D eigenvalue weighted by atomic mass is 79.9. The predicted molar refractivity (Wildman–Crippen MR) is 88.1 cm³/mol. The van der Waals surface area contributed by atoms with Crippen LogP contribution in [0.2, 0.25) is 0 Å². The van der Waals surface area contributed by atoms with Gasteiger partial charge in [-0.1, -0.05) is 0 Å². The Morgan fingerprint density at radius 3 is 3.00 bits per heavy atom. The van der Waals surface area contributed by atoms with Gasteiger partial charge in [0, 0.05) is 41.9 Å². The van der Waals surface area contributed by atoms with Crippen LogP contribution in [0.15, 0.2) is 28.3 Å². The zero-order valence-electron chi connectivity index (χ0n) is 11.8. The van der Waals surface area contributed by atoms with Crippen LogP contribution in [0.1, 0.15) is 16.1 Å². The van der Waals surface area contributed by atoms with E-state index >= 15 is 0 Å². The third-order valence-corrected chi connectivity index (χ3v) is 4.47. The van der Waals surface area contributed by atoms with Crippen LogP contribution in [0.25, 0.3) is 0 Å². The van der Waals surface area contributed by atoms with Crippen molar-refractivity contribution >= 4 is 38.3 Å². The molecule has 1 saturated heterocycles. The summed E-state index contributed by atoms with van der Waals surface area (Å²) in [5.41, 5.74) is 1.47. The fraction of sp³-hybridized carbons (Fsp3) is 0.357. The Kier molecular flexibility index (Phi) is 5.14. The van der Waals surface area contributed by atoms with E-state index in [1.54, 1.807) is 12.3 Å². The standard InChI is InChI=1S/C14H15BrN4O2S/c15-11-5-10(6-16-7-11)13(20)18-14-17-12(9-22-14)8-19-1-3-21-4-2-19/h5-7,9H,1-4,8H2,(H,17,18,20). The summed E-state index contributed by atoms with van der Waals surface area (Å²) in [7, 11) is 0. The van der Waals surface area contributed by atoms with Gasteiger partial charge in [0.2, 0.25) is 0 Å². The molecule has 3 heterocycles. The van der Waals surface area contributed by atoms with E-state index in [-0.39, 0.29) is 5.91 Å². The summed E-state index contributed by atoms with van der Waals surface area (Å²) >= 11 is 4.74. The van der Waals surface area contributed by atoms with Crippen LogP contribution in [0.4, 0.5) is 5.13 Å². The van der Waals surface area contributed by atoms with Gasteiger partial charge in [-0.15, -0.1) is 11.3 Å². The number of morpholine rings is 1. The Hall–Kier alpha value is -1.35. The number of nitrogens with one attached hydrogen (secondary N) is 1. The smallest absolute Gasteiger partial charge is 0.259 e. The minimum atomic E-state index is -0.207. The molecule has 3 rings (SSSR count). The molecule has 0 saturated carbocycles. The van der Waals surface area contributed by atoms with Crippen LogP contribution in [0.3, 0.4) is 0 Å². The van der Waals surface area contributed by atoms with Gasteiger partial charge in [-0.25, -0.2) is 4.98 Å². The number of halogens is 1. The van der Waals surface area contributed by atoms with Gasteiger partial charge < -0.3 is 4.74 Å². The summed E-state index contributed by atoms with van der Waals surface area (Å²) in [4.78, 5) is 22.9. The molecule has 0 atom stereocenters. The topological polar surface area (TPSA) is 67.4 Å². The van der Waals surface area contributed by atoms with E-state index in [0.29, 0.717) is 10.7 Å². The molecule has 2 aromatic rings. The van der Waals surface area contributed by atoms with Crippen molar-refractivity contribution in [3.63, 3.8) is 0 Å². The lowest BCUT2D eigenvalue weighted by Gasteiger charge is -2.25. The number of anilines is 1. The van der Waals surface area contributed by atoms with Crippen molar-refractivity contribution < 1.29 is 9.53 Å². The Morgan fingerprint density at radius 2 is 2.23 bits per heavy atom. The Bertz CT molecular complexity index is 658. The Balaban J connectivity index is 1.60. The molecule has 8 heteroatoms. The number of nitrogens with zero attached hydrogens (tertiary/aromatic N) is 3. The van der Waals surface area contributed by atoms with Gasteiger partial charge in [-0.05, 0) is 22.0 Å². The van der Waals surface area contributed by atoms with Gasteiger partial charge in [-0.3, -0.25) is 20.0 Å². The molecule has 0 aromatic carbocycles. The molecule has 0 aliphatic carbocycles. The normalized spacial score (nSPS) is 15.7. The largest absolute Gasteiger partial charge is 0.379 e. The summed E-state index contributed by atoms with van der Waals surface area (Å²) < 4.78 is 6.10. The van der Waals surface area contributed by atoms with Gasteiger partial charge >= 0.3 is 0 Å². The zero-order chi connectivity index (χ0) is 15.4. The van der Waals surface area contributed by atoms with Gasteiger partial charge in [-0.2, -0.15) is 0 Å². The molecular weight excluding hydrogens is 368 g/mol. The van der Waals surface area contributed by atoms with E-state index in [9.17, 15) is 4.79 Å². The van der Waals surface area contributed by atoms with Crippen molar-refractivity contribution in [1.82, 2.24) is 14.9 Å². The second-order valence-corrected chi connectivity index (χ2v) is 6.65. The van der Waals surface area contributed by atoms with Crippen LogP contribution in [0.5, 0.6) is 0 Å². The summed E-state index contributed by atoms with van der Waals surface area (Å²) in [6, 6.07) is 1.73. The number of carbonyl (C=O) groups is 1. The van der Waals surface area contributed by atoms with Crippen molar-refractivity contribution in [2.45, 2.75) is 6.54 Å². The summed E-state index contributed by atoms with van der Waals surface area (Å²) in [6.45, 7) is 4.16. The number of ether oxygens (including phenoxy) is 1. The minimum absolute atomic E-state index is 0.207. The third-order valence-electron chi connectivity index (χ3n) is 3.23. The van der Waals surface area contributed by atoms with Gasteiger partial charge in [0.15, 0.2) is 5.13 Å². The third kappa shape index (κ3) is 4.10. The van der Waals surface area contributed by atoms with E-state index in [1.807, 2.05) is 5.38 Å². The van der Waals surface area contributed by atoms with Gasteiger partial charge in [0.25, 0.3) is 5.91 Å². The van der Waals surface area contributed by atoms with Crippen molar-refractivity contribution in [1.29, 1.82) is 0 Å². The number of thiazole rings is 1. The first-order valence-corrected chi connectivity index (χ1v) is 8.54. The number of amides is 1. The molecule has 1 fully saturated rings. The summed E-state index contributed by atoms with van der Waals surface area (Å²) in [5.74, 6) is -0.207. The first-order valence-electron chi connectivity index (χ1n) is 6.87. The van der Waals surface area contributed by atoms with Crippen LogP contribution >= 0.6 is 27.3 Å². The predicted octanol–water partition coefficient (Wildman–Crippen LogP) is 2.39. The molecule has 0 unspecified atom stereocenters. The molecule has 2 aromatic heterocycles. The maximum atomic E-state index is 12.1. The lowest BCUT2D eigenvalue weighted by molar-refractivity contribution is 0.0337. The lowest BCUT2D eigenvalue weighted by Crippen LogP contribution is -2.35. The molecular formula is C14H15BrN4O2S. The molecule has 0 bridgehead atoms. The van der Waals surface area contributed by atoms with E-state index in [2.05, 4.69) is 36.1 Å². The molecule has 0 radical (unpaired) electrons. The van der Waals surface area contributed by atoms with Gasteiger partial charge in [0.05, 0.1) is 24.5 Å². The van der Waals surface area contributed by atoms with Crippen LogP contribution in [0, 0.1) is 0 Å². The number of hydrogen-bond donors (Lipinski definition) is 1. The quantitative estimate of drug-likeness (QED) is 0.878. The number of pyridine rings is 1. The second-order valence-electron chi connectivity index (χ2n) is 4.88. The monoisotopic (exact) mass is 382 g/mol. The van der Waals surface area contributed by atoms with E-state index in [1.165, 1.54) is 17.5 Å². The van der Waals surface area contributed by atoms with E-state index < -0.39 is 0 Å². The van der Waals surface area contributed by atoms with E-state index in [4.69, 9.17) is 4.74 Å². The summed E-state index contributed by atoms with van der Waals surface area (Å²) in [6.07, 6.45) is 3.17. The first-order chi connectivity index (χ1) is 10.7. The maximum absolute atomic E-state index is 12.1. The highest BCUT2D eigenvalue weighted by Gasteiger charge is 2.14. The highest BCUT2D eigenvalue weighted by Crippen LogP contribution is 2.19. The fourth-order valence-electron chi connectivity index (χ4n) is 2.13. The average molecular weight is 383 g/mol. The Morgan fingerprint density at radius 1 is 1.41 bits per heavy atom. The Labute approximate surface area is 140 Å². The average Bonchev–Trinajstić information content (AvgIpc) is 2.95. The molecule has 0 spiro atoms. The maximum Gasteiger partial charge on any atom is 0.259 e. The van der Waals surface area contributed by atoms with E-state index in [0.717, 1.165) is 43.0 Å². The zero-order valence-corrected chi connectivity index (χ0v) is 14.2. The lowest BCUT2D eigenvalue weighted by atomic mass is 10.3. The van der Waals surface area contributed by atoms with Crippen LogP contribution in [-0.4, -0.2) is 47.1 Å². The SMILES string of the molecule is O=C(Nc1nc(CN2CCOCC2)cs1)c1cncc(Br)c1. The molecule has 1 N–H and O–H groups in total. The van der Waals surface area contributed by atoms with Crippen molar-refractivity contribution in [3.05, 3.63) is 39.6 Å². The molecule has 6 nitrogen and oxygen atoms in total. The molecule has 1 aliphatic rings. The van der Waals surface area contributed by atoms with Crippen LogP contribution in [-0.2, 0) is 11.3 Å². The van der Waals surface area contributed by atoms with Crippen molar-refractivity contribution in [2.24, 2.45) is 0 Å². The highest BCUT2D eigenvalue weighted by molar-refractivity contribution is 9.10. The number of rotatable bonds is 4. The molecule has 116 valence electrons. The minimum Gasteiger partial charge on any atom is -0.379 e. The second kappa shape index (κ2) is 7.28. The number of aromatic nitrogens is 2. The summed E-state index contributed by atoms with van der Waals surface area (Å²) in [5, 5.41) is 5.39. The van der Waals surface area contributed by atoms with Crippen molar-refractivity contribution in [3.8, 4) is 0 Å². The molecule has 1 aliphatic heterocycles. The van der Waals surface area contributed by atoms with Gasteiger partial charge in [0.1, 0.15) is 0 Å². The molecule has 1 amide bonds. The van der Waals surface area contributed by atoms with Crippen molar-refractivity contribution in [2.75, 3.05) is 31.6 Å². The number of carbonyl (C=O) groups excluding carboxylic acids is 1. The van der Waals surface area contributed by atoms with Crippen LogP contribution < -0.4 is 5.32 Å².